The van der Waals surface area contributed by atoms with Crippen molar-refractivity contribution in [1.29, 1.82) is 0 Å². The van der Waals surface area contributed by atoms with E-state index >= 15 is 0 Å². The number of likely N-dealkylation sites (tertiary alicyclic amines) is 1. The first-order chi connectivity index (χ1) is 8.34. The van der Waals surface area contributed by atoms with Crippen molar-refractivity contribution in [3.8, 4) is 0 Å². The maximum Gasteiger partial charge on any atom is 0.307 e. The smallest absolute Gasteiger partial charge is 0.307 e. The summed E-state index contributed by atoms with van der Waals surface area (Å²) in [7, 11) is 0. The Morgan fingerprint density at radius 2 is 1.65 bits per heavy atom. The first kappa shape index (κ1) is 12.9. The van der Waals surface area contributed by atoms with Crippen LogP contribution >= 0.6 is 0 Å². The second-order valence-electron chi connectivity index (χ2n) is 5.40. The summed E-state index contributed by atoms with van der Waals surface area (Å²) in [6.45, 7) is 3.22. The fourth-order valence-electron chi connectivity index (χ4n) is 2.86. The zero-order chi connectivity index (χ0) is 11.9. The zero-order valence-corrected chi connectivity index (χ0v) is 10.8. The van der Waals surface area contributed by atoms with Gasteiger partial charge >= 0.3 is 5.97 Å². The maximum absolute atomic E-state index is 11.7. The van der Waals surface area contributed by atoms with E-state index < -0.39 is 0 Å². The molecule has 3 nitrogen and oxygen atoms in total. The molecule has 0 aromatic rings. The molecule has 3 heteroatoms. The Hall–Kier alpha value is -0.570. The highest BCUT2D eigenvalue weighted by Crippen LogP contribution is 2.20. The Balaban J connectivity index is 1.59. The van der Waals surface area contributed by atoms with Crippen molar-refractivity contribution >= 4 is 5.97 Å². The molecule has 2 aliphatic rings. The normalized spacial score (nSPS) is 23.5. The molecule has 0 atom stereocenters. The first-order valence-electron chi connectivity index (χ1n) is 7.26. The summed E-state index contributed by atoms with van der Waals surface area (Å²) in [6.07, 6.45) is 10.6. The summed E-state index contributed by atoms with van der Waals surface area (Å²) in [4.78, 5) is 14.1. The Bertz CT molecular complexity index is 230. The third-order valence-electron chi connectivity index (χ3n) is 3.93. The number of esters is 1. The van der Waals surface area contributed by atoms with Crippen LogP contribution in [0.1, 0.15) is 57.8 Å². The monoisotopic (exact) mass is 239 g/mol. The lowest BCUT2D eigenvalue weighted by Crippen LogP contribution is -2.32. The van der Waals surface area contributed by atoms with Crippen molar-refractivity contribution in [2.75, 3.05) is 19.6 Å². The summed E-state index contributed by atoms with van der Waals surface area (Å²) in [5.41, 5.74) is 0. The number of hydrogen-bond donors (Lipinski definition) is 0. The van der Waals surface area contributed by atoms with Crippen molar-refractivity contribution in [2.45, 2.75) is 63.9 Å². The lowest BCUT2D eigenvalue weighted by Gasteiger charge is -2.26. The van der Waals surface area contributed by atoms with Crippen molar-refractivity contribution in [1.82, 2.24) is 4.90 Å². The highest BCUT2D eigenvalue weighted by Gasteiger charge is 2.18. The minimum Gasteiger partial charge on any atom is -0.462 e. The molecule has 0 amide bonds. The minimum absolute atomic E-state index is 0.0162. The Kier molecular flexibility index (Phi) is 5.30. The lowest BCUT2D eigenvalue weighted by molar-refractivity contribution is -0.150. The summed E-state index contributed by atoms with van der Waals surface area (Å²) >= 11 is 0. The van der Waals surface area contributed by atoms with Crippen molar-refractivity contribution < 1.29 is 9.53 Å². The number of ether oxygens (including phenoxy) is 1. The minimum atomic E-state index is 0.0162. The molecular formula is C14H25NO2. The molecule has 2 fully saturated rings. The Morgan fingerprint density at radius 3 is 2.35 bits per heavy atom. The first-order valence-corrected chi connectivity index (χ1v) is 7.26. The second-order valence-corrected chi connectivity index (χ2v) is 5.40. The van der Waals surface area contributed by atoms with Gasteiger partial charge in [0.2, 0.25) is 0 Å². The number of nitrogens with zero attached hydrogens (tertiary/aromatic N) is 1. The van der Waals surface area contributed by atoms with Gasteiger partial charge in [-0.3, -0.25) is 4.79 Å². The van der Waals surface area contributed by atoms with Gasteiger partial charge in [0.15, 0.2) is 0 Å². The van der Waals surface area contributed by atoms with Gasteiger partial charge in [-0.1, -0.05) is 12.8 Å². The van der Waals surface area contributed by atoms with E-state index in [0.717, 1.165) is 32.5 Å². The van der Waals surface area contributed by atoms with Crippen molar-refractivity contribution in [3.63, 3.8) is 0 Å². The van der Waals surface area contributed by atoms with E-state index in [2.05, 4.69) is 4.90 Å². The maximum atomic E-state index is 11.7. The van der Waals surface area contributed by atoms with Gasteiger partial charge < -0.3 is 9.64 Å². The quantitative estimate of drug-likeness (QED) is 0.706. The molecule has 0 aromatic heterocycles. The molecule has 2 rings (SSSR count). The van der Waals surface area contributed by atoms with E-state index in [4.69, 9.17) is 4.74 Å². The fourth-order valence-corrected chi connectivity index (χ4v) is 2.86. The molecule has 1 heterocycles. The van der Waals surface area contributed by atoms with E-state index in [-0.39, 0.29) is 12.1 Å². The third kappa shape index (κ3) is 4.66. The number of piperidine rings is 1. The zero-order valence-electron chi connectivity index (χ0n) is 10.8. The van der Waals surface area contributed by atoms with Gasteiger partial charge in [-0.2, -0.15) is 0 Å². The number of carbonyl (C=O) groups excluding carboxylic acids is 1. The van der Waals surface area contributed by atoms with Gasteiger partial charge in [0.05, 0.1) is 6.42 Å². The molecule has 1 saturated carbocycles. The standard InChI is InChI=1S/C14H25NO2/c16-14(17-13-7-3-1-4-8-13)9-12-15-10-5-2-6-11-15/h13H,1-12H2. The molecular weight excluding hydrogens is 214 g/mol. The van der Waals surface area contributed by atoms with Crippen LogP contribution in [0.25, 0.3) is 0 Å². The largest absolute Gasteiger partial charge is 0.462 e. The van der Waals surface area contributed by atoms with E-state index in [1.165, 1.54) is 38.5 Å². The Labute approximate surface area is 105 Å². The summed E-state index contributed by atoms with van der Waals surface area (Å²) < 4.78 is 5.52. The van der Waals surface area contributed by atoms with Crippen molar-refractivity contribution in [3.05, 3.63) is 0 Å². The highest BCUT2D eigenvalue weighted by atomic mass is 16.5. The van der Waals surface area contributed by atoms with Gasteiger partial charge in [0.1, 0.15) is 6.10 Å². The average Bonchev–Trinajstić information content (AvgIpc) is 2.39. The summed E-state index contributed by atoms with van der Waals surface area (Å²) in [5, 5.41) is 0. The van der Waals surface area contributed by atoms with Gasteiger partial charge in [-0.25, -0.2) is 0 Å². The highest BCUT2D eigenvalue weighted by molar-refractivity contribution is 5.69. The van der Waals surface area contributed by atoms with Crippen LogP contribution < -0.4 is 0 Å². The van der Waals surface area contributed by atoms with E-state index in [0.29, 0.717) is 6.42 Å². The van der Waals surface area contributed by atoms with Crippen LogP contribution in [0.2, 0.25) is 0 Å². The molecule has 1 aliphatic heterocycles. The number of hydrogen-bond acceptors (Lipinski definition) is 3. The molecule has 0 unspecified atom stereocenters. The molecule has 0 radical (unpaired) electrons. The average molecular weight is 239 g/mol. The molecule has 1 aliphatic carbocycles. The third-order valence-corrected chi connectivity index (χ3v) is 3.93. The predicted octanol–water partition coefficient (Wildman–Crippen LogP) is 2.74. The molecule has 0 spiro atoms. The van der Waals surface area contributed by atoms with Crippen molar-refractivity contribution in [2.24, 2.45) is 0 Å². The topological polar surface area (TPSA) is 29.5 Å². The Morgan fingerprint density at radius 1 is 1.00 bits per heavy atom. The lowest BCUT2D eigenvalue weighted by atomic mass is 9.98. The fraction of sp³-hybridized carbons (Fsp3) is 0.929. The molecule has 1 saturated heterocycles. The van der Waals surface area contributed by atoms with E-state index in [9.17, 15) is 4.79 Å². The van der Waals surface area contributed by atoms with Gasteiger partial charge in [0.25, 0.3) is 0 Å². The van der Waals surface area contributed by atoms with Crippen LogP contribution in [-0.2, 0) is 9.53 Å². The summed E-state index contributed by atoms with van der Waals surface area (Å²) in [6, 6.07) is 0. The van der Waals surface area contributed by atoms with Crippen LogP contribution in [0.4, 0.5) is 0 Å². The van der Waals surface area contributed by atoms with E-state index in [1.807, 2.05) is 0 Å². The van der Waals surface area contributed by atoms with Crippen LogP contribution in [0.15, 0.2) is 0 Å². The van der Waals surface area contributed by atoms with E-state index in [1.54, 1.807) is 0 Å². The number of rotatable bonds is 4. The molecule has 0 aromatic carbocycles. The predicted molar refractivity (Wildman–Crippen MR) is 67.9 cm³/mol. The molecule has 0 bridgehead atoms. The molecule has 98 valence electrons. The van der Waals surface area contributed by atoms with Gasteiger partial charge in [-0.15, -0.1) is 0 Å². The summed E-state index contributed by atoms with van der Waals surface area (Å²) in [5.74, 6) is 0.0162. The SMILES string of the molecule is O=C(CCN1CCCCC1)OC1CCCCC1. The second kappa shape index (κ2) is 7.00. The van der Waals surface area contributed by atoms with Crippen LogP contribution in [-0.4, -0.2) is 36.6 Å². The molecule has 17 heavy (non-hydrogen) atoms. The van der Waals surface area contributed by atoms with Crippen LogP contribution in [0.5, 0.6) is 0 Å². The van der Waals surface area contributed by atoms with Gasteiger partial charge in [-0.05, 0) is 51.6 Å². The van der Waals surface area contributed by atoms with Crippen LogP contribution in [0.3, 0.4) is 0 Å². The number of carbonyl (C=O) groups is 1. The van der Waals surface area contributed by atoms with Crippen LogP contribution in [0, 0.1) is 0 Å². The molecule has 0 N–H and O–H groups in total. The van der Waals surface area contributed by atoms with Gasteiger partial charge in [0, 0.05) is 6.54 Å².